The van der Waals surface area contributed by atoms with Gasteiger partial charge >= 0.3 is 6.09 Å². The minimum atomic E-state index is -0.261. The number of hydrogen-bond donors (Lipinski definition) is 1. The molecule has 0 bridgehead atoms. The van der Waals surface area contributed by atoms with Crippen molar-refractivity contribution in [2.75, 3.05) is 40.4 Å². The predicted molar refractivity (Wildman–Crippen MR) is 149 cm³/mol. The van der Waals surface area contributed by atoms with E-state index in [1.165, 1.54) is 12.7 Å². The van der Waals surface area contributed by atoms with Crippen molar-refractivity contribution in [3.8, 4) is 11.5 Å². The van der Waals surface area contributed by atoms with Crippen LogP contribution in [0.25, 0.3) is 0 Å². The number of nitrogens with one attached hydrogen (secondary N) is 1. The maximum atomic E-state index is 12.8. The highest BCUT2D eigenvalue weighted by Gasteiger charge is 2.28. The smallest absolute Gasteiger partial charge is 0.409 e. The molecule has 0 radical (unpaired) electrons. The highest BCUT2D eigenvalue weighted by Crippen LogP contribution is 2.39. The average Bonchev–Trinajstić information content (AvgIpc) is 3.76. The summed E-state index contributed by atoms with van der Waals surface area (Å²) >= 11 is 0. The third-order valence-corrected chi connectivity index (χ3v) is 7.46. The van der Waals surface area contributed by atoms with Crippen molar-refractivity contribution >= 4 is 12.0 Å². The van der Waals surface area contributed by atoms with Gasteiger partial charge in [-0.1, -0.05) is 36.4 Å². The minimum Gasteiger partial charge on any atom is -0.493 e. The zero-order valence-electron chi connectivity index (χ0n) is 23.4. The molecule has 1 aromatic heterocycles. The highest BCUT2D eigenvalue weighted by atomic mass is 16.5. The Labute approximate surface area is 234 Å². The Hall–Kier alpha value is -4.05. The number of nitrogens with zero attached hydrogens (tertiary/aromatic N) is 4. The largest absolute Gasteiger partial charge is 0.493 e. The molecule has 1 aliphatic carbocycles. The van der Waals surface area contributed by atoms with Crippen LogP contribution in [0.15, 0.2) is 48.5 Å². The molecule has 212 valence electrons. The van der Waals surface area contributed by atoms with Crippen molar-refractivity contribution in [2.24, 2.45) is 7.05 Å². The third kappa shape index (κ3) is 6.56. The van der Waals surface area contributed by atoms with Gasteiger partial charge in [0.15, 0.2) is 11.5 Å². The quantitative estimate of drug-likeness (QED) is 0.413. The first-order valence-corrected chi connectivity index (χ1v) is 13.7. The molecule has 40 heavy (non-hydrogen) atoms. The van der Waals surface area contributed by atoms with Gasteiger partial charge < -0.3 is 24.4 Å². The first-order chi connectivity index (χ1) is 19.4. The molecule has 1 aliphatic heterocycles. The van der Waals surface area contributed by atoms with Gasteiger partial charge in [-0.2, -0.15) is 5.10 Å². The van der Waals surface area contributed by atoms with Crippen molar-refractivity contribution in [1.82, 2.24) is 24.9 Å². The highest BCUT2D eigenvalue weighted by molar-refractivity contribution is 5.92. The van der Waals surface area contributed by atoms with Crippen LogP contribution >= 0.6 is 0 Å². The van der Waals surface area contributed by atoms with Gasteiger partial charge in [0.1, 0.15) is 12.3 Å². The number of carbonyl (C=O) groups is 2. The summed E-state index contributed by atoms with van der Waals surface area (Å²) in [7, 11) is 4.83. The first-order valence-electron chi connectivity index (χ1n) is 13.7. The fourth-order valence-electron chi connectivity index (χ4n) is 4.97. The molecule has 5 rings (SSSR count). The lowest BCUT2D eigenvalue weighted by Crippen LogP contribution is -2.48. The van der Waals surface area contributed by atoms with E-state index in [0.717, 1.165) is 49.3 Å². The normalized spacial score (nSPS) is 15.5. The van der Waals surface area contributed by atoms with E-state index in [1.807, 2.05) is 24.3 Å². The van der Waals surface area contributed by atoms with E-state index in [4.69, 9.17) is 14.2 Å². The number of benzene rings is 2. The molecular formula is C30H37N5O5. The predicted octanol–water partition coefficient (Wildman–Crippen LogP) is 3.70. The molecular weight excluding hydrogens is 510 g/mol. The Kier molecular flexibility index (Phi) is 8.54. The molecule has 10 heteroatoms. The summed E-state index contributed by atoms with van der Waals surface area (Å²) in [5.74, 6) is 1.56. The maximum Gasteiger partial charge on any atom is 0.409 e. The number of aryl methyl sites for hydroxylation is 1. The van der Waals surface area contributed by atoms with E-state index in [9.17, 15) is 9.59 Å². The second-order valence-electron chi connectivity index (χ2n) is 10.3. The summed E-state index contributed by atoms with van der Waals surface area (Å²) in [6.45, 7) is 4.52. The molecule has 0 unspecified atom stereocenters. The number of para-hydroxylation sites is 1. The Bertz CT molecular complexity index is 1330. The van der Waals surface area contributed by atoms with Crippen LogP contribution in [0.5, 0.6) is 11.5 Å². The molecule has 1 N–H and O–H groups in total. The lowest BCUT2D eigenvalue weighted by molar-refractivity contribution is 0.0888. The first kappa shape index (κ1) is 27.5. The van der Waals surface area contributed by atoms with Crippen molar-refractivity contribution in [3.63, 3.8) is 0 Å². The number of carbonyl (C=O) groups excluding carboxylic acids is 2. The van der Waals surface area contributed by atoms with Crippen molar-refractivity contribution in [2.45, 2.75) is 38.5 Å². The molecule has 0 atom stereocenters. The number of methoxy groups -OCH3 is 2. The molecule has 2 fully saturated rings. The van der Waals surface area contributed by atoms with Gasteiger partial charge in [-0.05, 0) is 36.1 Å². The third-order valence-electron chi connectivity index (χ3n) is 7.46. The van der Waals surface area contributed by atoms with E-state index >= 15 is 0 Å². The number of aromatic nitrogens is 2. The molecule has 2 aliphatic rings. The van der Waals surface area contributed by atoms with Crippen LogP contribution in [0.4, 0.5) is 4.79 Å². The van der Waals surface area contributed by atoms with E-state index in [2.05, 4.69) is 39.6 Å². The number of ether oxygens (including phenoxy) is 3. The lowest BCUT2D eigenvalue weighted by Gasteiger charge is -2.33. The average molecular weight is 548 g/mol. The van der Waals surface area contributed by atoms with E-state index in [1.54, 1.807) is 23.7 Å². The van der Waals surface area contributed by atoms with Gasteiger partial charge in [0.2, 0.25) is 0 Å². The molecule has 2 aromatic carbocycles. The van der Waals surface area contributed by atoms with E-state index < -0.39 is 0 Å². The summed E-state index contributed by atoms with van der Waals surface area (Å²) in [4.78, 5) is 28.6. The van der Waals surface area contributed by atoms with Crippen molar-refractivity contribution in [1.29, 1.82) is 0 Å². The van der Waals surface area contributed by atoms with E-state index in [-0.39, 0.29) is 12.0 Å². The Morgan fingerprint density at radius 2 is 1.73 bits per heavy atom. The van der Waals surface area contributed by atoms with Gasteiger partial charge in [-0.15, -0.1) is 0 Å². The summed E-state index contributed by atoms with van der Waals surface area (Å²) in [6, 6.07) is 15.9. The molecule has 1 saturated carbocycles. The SMILES string of the molecule is COC(=O)N1CCN(Cc2ccc(COc3cccc(CNC(=O)c4cc(C5CC5)nn4C)c3OC)cc2)CC1. The van der Waals surface area contributed by atoms with Gasteiger partial charge in [0, 0.05) is 57.8 Å². The van der Waals surface area contributed by atoms with Crippen LogP contribution in [0, 0.1) is 0 Å². The zero-order valence-corrected chi connectivity index (χ0v) is 23.4. The zero-order chi connectivity index (χ0) is 28.1. The summed E-state index contributed by atoms with van der Waals surface area (Å²) in [5.41, 5.74) is 4.64. The van der Waals surface area contributed by atoms with E-state index in [0.29, 0.717) is 49.4 Å². The summed E-state index contributed by atoms with van der Waals surface area (Å²) in [6.07, 6.45) is 2.02. The van der Waals surface area contributed by atoms with Gasteiger partial charge in [0.25, 0.3) is 5.91 Å². The minimum absolute atomic E-state index is 0.166. The Balaban J connectivity index is 1.13. The molecule has 1 saturated heterocycles. The monoisotopic (exact) mass is 547 g/mol. The fourth-order valence-corrected chi connectivity index (χ4v) is 4.97. The van der Waals surface area contributed by atoms with Crippen LogP contribution in [0.2, 0.25) is 0 Å². The molecule has 3 aromatic rings. The summed E-state index contributed by atoms with van der Waals surface area (Å²) in [5, 5.41) is 7.48. The number of rotatable bonds is 10. The maximum absolute atomic E-state index is 12.8. The lowest BCUT2D eigenvalue weighted by atomic mass is 10.1. The Morgan fingerprint density at radius 3 is 2.40 bits per heavy atom. The molecule has 2 amide bonds. The second-order valence-corrected chi connectivity index (χ2v) is 10.3. The topological polar surface area (TPSA) is 98.2 Å². The fraction of sp³-hybridized carbons (Fsp3) is 0.433. The molecule has 2 heterocycles. The van der Waals surface area contributed by atoms with Crippen molar-refractivity contribution < 1.29 is 23.8 Å². The molecule has 0 spiro atoms. The van der Waals surface area contributed by atoms with Gasteiger partial charge in [-0.25, -0.2) is 4.79 Å². The molecule has 10 nitrogen and oxygen atoms in total. The van der Waals surface area contributed by atoms with Crippen LogP contribution in [0.1, 0.15) is 51.6 Å². The number of piperazine rings is 1. The second kappa shape index (κ2) is 12.4. The summed E-state index contributed by atoms with van der Waals surface area (Å²) < 4.78 is 18.3. The van der Waals surface area contributed by atoms with Gasteiger partial charge in [0.05, 0.1) is 19.9 Å². The van der Waals surface area contributed by atoms with Crippen LogP contribution < -0.4 is 14.8 Å². The van der Waals surface area contributed by atoms with Crippen LogP contribution in [-0.2, 0) is 31.5 Å². The number of amides is 2. The van der Waals surface area contributed by atoms with Gasteiger partial charge in [-0.3, -0.25) is 14.4 Å². The van der Waals surface area contributed by atoms with Crippen molar-refractivity contribution in [3.05, 3.63) is 76.6 Å². The van der Waals surface area contributed by atoms with Crippen LogP contribution in [-0.4, -0.2) is 72.0 Å². The van der Waals surface area contributed by atoms with Crippen LogP contribution in [0.3, 0.4) is 0 Å². The number of hydrogen-bond acceptors (Lipinski definition) is 7. The standard InChI is InChI=1S/C30H37N5O5/c1-33-26(17-25(32-33)23-11-12-23)29(36)31-18-24-5-4-6-27(28(24)38-2)40-20-22-9-7-21(8-10-22)19-34-13-15-35(16-14-34)30(37)39-3/h4-10,17,23H,11-16,18-20H2,1-3H3,(H,31,36). The Morgan fingerprint density at radius 1 is 1.00 bits per heavy atom.